The van der Waals surface area contributed by atoms with Gasteiger partial charge in [0, 0.05) is 17.6 Å². The second-order valence-electron chi connectivity index (χ2n) is 5.15. The van der Waals surface area contributed by atoms with E-state index >= 15 is 0 Å². The van der Waals surface area contributed by atoms with Crippen molar-refractivity contribution in [2.75, 3.05) is 6.54 Å². The molecule has 0 amide bonds. The van der Waals surface area contributed by atoms with Gasteiger partial charge in [0.25, 0.3) is 0 Å². The molecule has 1 aliphatic rings. The van der Waals surface area contributed by atoms with Gasteiger partial charge < -0.3 is 5.73 Å². The molecule has 0 spiro atoms. The minimum atomic E-state index is -3.48. The maximum absolute atomic E-state index is 12.3. The third-order valence-electron chi connectivity index (χ3n) is 3.87. The van der Waals surface area contributed by atoms with Crippen molar-refractivity contribution in [2.45, 2.75) is 37.6 Å². The maximum atomic E-state index is 12.3. The van der Waals surface area contributed by atoms with Crippen molar-refractivity contribution in [1.29, 1.82) is 0 Å². The van der Waals surface area contributed by atoms with Gasteiger partial charge in [0.05, 0.1) is 4.90 Å². The maximum Gasteiger partial charge on any atom is 0.241 e. The van der Waals surface area contributed by atoms with Crippen LogP contribution in [0.1, 0.15) is 31.7 Å². The molecule has 6 heteroatoms. The summed E-state index contributed by atoms with van der Waals surface area (Å²) < 4.78 is 27.9. The fourth-order valence-corrected chi connectivity index (χ4v) is 4.21. The number of halogens is 1. The Hall–Kier alpha value is -0.430. The summed E-state index contributed by atoms with van der Waals surface area (Å²) in [5.41, 5.74) is 6.55. The summed E-state index contributed by atoms with van der Waals surface area (Å²) in [6.07, 6.45) is 3.23. The van der Waals surface area contributed by atoms with Gasteiger partial charge in [0.1, 0.15) is 0 Å². The molecule has 0 saturated heterocycles. The van der Waals surface area contributed by atoms with Crippen LogP contribution in [0.2, 0.25) is 0 Å². The molecule has 0 unspecified atom stereocenters. The summed E-state index contributed by atoms with van der Waals surface area (Å²) in [6, 6.07) is 5.17. The molecule has 106 valence electrons. The van der Waals surface area contributed by atoms with Crippen molar-refractivity contribution in [3.05, 3.63) is 28.2 Å². The van der Waals surface area contributed by atoms with E-state index in [4.69, 9.17) is 5.73 Å². The number of rotatable bonds is 6. The van der Waals surface area contributed by atoms with Crippen molar-refractivity contribution in [2.24, 2.45) is 11.1 Å². The molecule has 1 saturated carbocycles. The average molecular weight is 347 g/mol. The van der Waals surface area contributed by atoms with E-state index in [1.165, 1.54) is 0 Å². The molecule has 1 aromatic rings. The van der Waals surface area contributed by atoms with Crippen LogP contribution in [0.15, 0.2) is 27.6 Å². The third kappa shape index (κ3) is 3.37. The van der Waals surface area contributed by atoms with Crippen LogP contribution in [0.5, 0.6) is 0 Å². The van der Waals surface area contributed by atoms with Crippen LogP contribution in [-0.4, -0.2) is 15.0 Å². The van der Waals surface area contributed by atoms with Gasteiger partial charge in [-0.2, -0.15) is 0 Å². The number of hydrogen-bond donors (Lipinski definition) is 2. The zero-order valence-corrected chi connectivity index (χ0v) is 13.4. The standard InChI is InChI=1S/C13H19BrN2O2S/c1-2-13(5-6-13)9-16-19(17,18)12-7-10(8-15)3-4-11(12)14/h3-4,7,16H,2,5-6,8-9,15H2,1H3. The van der Waals surface area contributed by atoms with E-state index < -0.39 is 10.0 Å². The van der Waals surface area contributed by atoms with Crippen LogP contribution in [0, 0.1) is 5.41 Å². The van der Waals surface area contributed by atoms with Gasteiger partial charge in [-0.25, -0.2) is 13.1 Å². The summed E-state index contributed by atoms with van der Waals surface area (Å²) in [4.78, 5) is 0.266. The van der Waals surface area contributed by atoms with E-state index in [1.807, 2.05) is 6.07 Å². The lowest BCUT2D eigenvalue weighted by atomic mass is 10.1. The lowest BCUT2D eigenvalue weighted by molar-refractivity contribution is 0.475. The van der Waals surface area contributed by atoms with E-state index in [0.29, 0.717) is 17.6 Å². The normalized spacial score (nSPS) is 17.4. The lowest BCUT2D eigenvalue weighted by Gasteiger charge is -2.15. The quantitative estimate of drug-likeness (QED) is 0.830. The van der Waals surface area contributed by atoms with Crippen LogP contribution >= 0.6 is 15.9 Å². The molecular formula is C13H19BrN2O2S. The number of nitrogens with two attached hydrogens (primary N) is 1. The first-order chi connectivity index (χ1) is 8.92. The zero-order chi connectivity index (χ0) is 14.1. The minimum absolute atomic E-state index is 0.186. The van der Waals surface area contributed by atoms with E-state index in [-0.39, 0.29) is 10.3 Å². The minimum Gasteiger partial charge on any atom is -0.326 e. The molecule has 0 radical (unpaired) electrons. The predicted octanol–water partition coefficient (Wildman–Crippen LogP) is 2.38. The molecule has 0 atom stereocenters. The highest BCUT2D eigenvalue weighted by atomic mass is 79.9. The van der Waals surface area contributed by atoms with Gasteiger partial charge in [-0.1, -0.05) is 13.0 Å². The van der Waals surface area contributed by atoms with E-state index in [0.717, 1.165) is 24.8 Å². The van der Waals surface area contributed by atoms with Crippen LogP contribution in [0.25, 0.3) is 0 Å². The van der Waals surface area contributed by atoms with Gasteiger partial charge in [-0.3, -0.25) is 0 Å². The fourth-order valence-electron chi connectivity index (χ4n) is 2.04. The molecule has 1 aromatic carbocycles. The summed E-state index contributed by atoms with van der Waals surface area (Å²) in [5, 5.41) is 0. The number of sulfonamides is 1. The molecular weight excluding hydrogens is 328 g/mol. The molecule has 4 nitrogen and oxygen atoms in total. The molecule has 0 aliphatic heterocycles. The summed E-state index contributed by atoms with van der Waals surface area (Å²) >= 11 is 3.29. The van der Waals surface area contributed by atoms with E-state index in [2.05, 4.69) is 27.6 Å². The average Bonchev–Trinajstić information content (AvgIpc) is 3.18. The summed E-state index contributed by atoms with van der Waals surface area (Å²) in [5.74, 6) is 0. The zero-order valence-electron chi connectivity index (χ0n) is 10.9. The van der Waals surface area contributed by atoms with Gasteiger partial charge in [-0.15, -0.1) is 0 Å². The van der Waals surface area contributed by atoms with Gasteiger partial charge in [0.2, 0.25) is 10.0 Å². The number of hydrogen-bond acceptors (Lipinski definition) is 3. The van der Waals surface area contributed by atoms with Crippen molar-refractivity contribution >= 4 is 26.0 Å². The van der Waals surface area contributed by atoms with Crippen LogP contribution in [0.4, 0.5) is 0 Å². The smallest absolute Gasteiger partial charge is 0.241 e. The van der Waals surface area contributed by atoms with Crippen LogP contribution in [0.3, 0.4) is 0 Å². The van der Waals surface area contributed by atoms with Crippen molar-refractivity contribution in [3.8, 4) is 0 Å². The Morgan fingerprint density at radius 2 is 2.11 bits per heavy atom. The summed E-state index contributed by atoms with van der Waals surface area (Å²) in [6.45, 7) is 2.95. The molecule has 0 aromatic heterocycles. The molecule has 0 heterocycles. The predicted molar refractivity (Wildman–Crippen MR) is 79.2 cm³/mol. The van der Waals surface area contributed by atoms with E-state index in [9.17, 15) is 8.42 Å². The Bertz CT molecular complexity index is 568. The highest BCUT2D eigenvalue weighted by Gasteiger charge is 2.41. The van der Waals surface area contributed by atoms with Crippen LogP contribution < -0.4 is 10.5 Å². The highest BCUT2D eigenvalue weighted by molar-refractivity contribution is 9.10. The van der Waals surface area contributed by atoms with Crippen LogP contribution in [-0.2, 0) is 16.6 Å². The largest absolute Gasteiger partial charge is 0.326 e. The first kappa shape index (κ1) is 15.0. The molecule has 3 N–H and O–H groups in total. The van der Waals surface area contributed by atoms with Crippen molar-refractivity contribution in [1.82, 2.24) is 4.72 Å². The molecule has 0 bridgehead atoms. The van der Waals surface area contributed by atoms with E-state index in [1.54, 1.807) is 12.1 Å². The monoisotopic (exact) mass is 346 g/mol. The molecule has 1 fully saturated rings. The van der Waals surface area contributed by atoms with Gasteiger partial charge >= 0.3 is 0 Å². The molecule has 1 aliphatic carbocycles. The Kier molecular flexibility index (Phi) is 4.35. The third-order valence-corrected chi connectivity index (χ3v) is 6.26. The number of nitrogens with one attached hydrogen (secondary N) is 1. The Morgan fingerprint density at radius 1 is 1.42 bits per heavy atom. The Labute approximate surface area is 122 Å². The lowest BCUT2D eigenvalue weighted by Crippen LogP contribution is -2.30. The van der Waals surface area contributed by atoms with Gasteiger partial charge in [0.15, 0.2) is 0 Å². The Morgan fingerprint density at radius 3 is 2.63 bits per heavy atom. The summed E-state index contributed by atoms with van der Waals surface area (Å²) in [7, 11) is -3.48. The Balaban J connectivity index is 2.19. The SMILES string of the molecule is CCC1(CNS(=O)(=O)c2cc(CN)ccc2Br)CC1. The molecule has 19 heavy (non-hydrogen) atoms. The first-order valence-corrected chi connectivity index (χ1v) is 8.68. The fraction of sp³-hybridized carbons (Fsp3) is 0.538. The highest BCUT2D eigenvalue weighted by Crippen LogP contribution is 2.48. The first-order valence-electron chi connectivity index (χ1n) is 6.41. The second kappa shape index (κ2) is 5.52. The number of benzene rings is 1. The van der Waals surface area contributed by atoms with Crippen molar-refractivity contribution < 1.29 is 8.42 Å². The topological polar surface area (TPSA) is 72.2 Å². The van der Waals surface area contributed by atoms with Gasteiger partial charge in [-0.05, 0) is 58.3 Å². The molecule has 2 rings (SSSR count). The second-order valence-corrected chi connectivity index (χ2v) is 7.74. The van der Waals surface area contributed by atoms with Crippen molar-refractivity contribution in [3.63, 3.8) is 0 Å².